The average molecular weight is 269 g/mol. The van der Waals surface area contributed by atoms with Gasteiger partial charge in [-0.15, -0.1) is 0 Å². The van der Waals surface area contributed by atoms with Crippen LogP contribution >= 0.6 is 15.9 Å². The summed E-state index contributed by atoms with van der Waals surface area (Å²) in [6, 6.07) is 5.84. The lowest BCUT2D eigenvalue weighted by Gasteiger charge is -2.39. The number of carbonyl (C=O) groups is 1. The van der Waals surface area contributed by atoms with E-state index in [1.807, 2.05) is 25.1 Å². The maximum atomic E-state index is 11.3. The molecule has 0 saturated heterocycles. The fourth-order valence-electron chi connectivity index (χ4n) is 2.29. The molecule has 80 valence electrons. The molecule has 0 spiro atoms. The molecule has 1 aromatic carbocycles. The maximum absolute atomic E-state index is 11.3. The molecular weight excluding hydrogens is 256 g/mol. The zero-order valence-electron chi connectivity index (χ0n) is 8.59. The van der Waals surface area contributed by atoms with Gasteiger partial charge in [0.05, 0.1) is 5.41 Å². The van der Waals surface area contributed by atoms with Gasteiger partial charge in [-0.05, 0) is 43.0 Å². The third kappa shape index (κ3) is 1.59. The van der Waals surface area contributed by atoms with Crippen LogP contribution in [0.25, 0.3) is 0 Å². The van der Waals surface area contributed by atoms with Gasteiger partial charge in [-0.1, -0.05) is 28.4 Å². The highest BCUT2D eigenvalue weighted by atomic mass is 79.9. The number of carboxylic acid groups (broad SMARTS) is 1. The van der Waals surface area contributed by atoms with Crippen molar-refractivity contribution in [3.63, 3.8) is 0 Å². The first kappa shape index (κ1) is 10.7. The van der Waals surface area contributed by atoms with Crippen LogP contribution in [0, 0.1) is 6.92 Å². The first-order valence-electron chi connectivity index (χ1n) is 5.06. The minimum absolute atomic E-state index is 0.606. The molecule has 1 aromatic rings. The maximum Gasteiger partial charge on any atom is 0.314 e. The number of aliphatic carboxylic acids is 1. The third-order valence-electron chi connectivity index (χ3n) is 3.32. The number of halogens is 1. The van der Waals surface area contributed by atoms with Gasteiger partial charge in [0.25, 0.3) is 0 Å². The Morgan fingerprint density at radius 2 is 2.13 bits per heavy atom. The Labute approximate surface area is 97.4 Å². The van der Waals surface area contributed by atoms with Gasteiger partial charge in [-0.2, -0.15) is 0 Å². The first-order valence-corrected chi connectivity index (χ1v) is 5.85. The first-order chi connectivity index (χ1) is 7.06. The zero-order valence-corrected chi connectivity index (χ0v) is 10.2. The molecule has 1 aliphatic rings. The molecule has 0 heterocycles. The number of aryl methyl sites for hydroxylation is 1. The molecule has 0 unspecified atom stereocenters. The minimum atomic E-state index is -0.681. The Hall–Kier alpha value is -0.830. The number of carboxylic acids is 1. The Kier molecular flexibility index (Phi) is 2.59. The molecule has 0 amide bonds. The summed E-state index contributed by atoms with van der Waals surface area (Å²) in [4.78, 5) is 11.3. The molecule has 1 fully saturated rings. The van der Waals surface area contributed by atoms with Gasteiger partial charge in [0.2, 0.25) is 0 Å². The molecule has 2 rings (SSSR count). The van der Waals surface area contributed by atoms with Crippen molar-refractivity contribution in [1.29, 1.82) is 0 Å². The summed E-state index contributed by atoms with van der Waals surface area (Å²) in [6.07, 6.45) is 2.55. The van der Waals surface area contributed by atoms with Crippen molar-refractivity contribution in [3.05, 3.63) is 33.8 Å². The lowest BCUT2D eigenvalue weighted by atomic mass is 9.63. The highest BCUT2D eigenvalue weighted by Crippen LogP contribution is 2.45. The summed E-state index contributed by atoms with van der Waals surface area (Å²) < 4.78 is 1.00. The van der Waals surface area contributed by atoms with Gasteiger partial charge in [0.15, 0.2) is 0 Å². The van der Waals surface area contributed by atoms with Crippen LogP contribution in [-0.4, -0.2) is 11.1 Å². The van der Waals surface area contributed by atoms with Gasteiger partial charge < -0.3 is 5.11 Å². The lowest BCUT2D eigenvalue weighted by molar-refractivity contribution is -0.147. The molecule has 3 heteroatoms. The number of rotatable bonds is 2. The summed E-state index contributed by atoms with van der Waals surface area (Å²) in [6.45, 7) is 1.98. The minimum Gasteiger partial charge on any atom is -0.481 e. The van der Waals surface area contributed by atoms with Gasteiger partial charge in [0, 0.05) is 4.47 Å². The van der Waals surface area contributed by atoms with Crippen LogP contribution in [-0.2, 0) is 10.2 Å². The van der Waals surface area contributed by atoms with E-state index in [4.69, 9.17) is 0 Å². The zero-order chi connectivity index (χ0) is 11.1. The molecule has 0 atom stereocenters. The molecule has 2 nitrogen and oxygen atoms in total. The monoisotopic (exact) mass is 268 g/mol. The second-order valence-corrected chi connectivity index (χ2v) is 5.12. The average Bonchev–Trinajstić information content (AvgIpc) is 2.05. The van der Waals surface area contributed by atoms with Crippen LogP contribution in [0.4, 0.5) is 0 Å². The van der Waals surface area contributed by atoms with E-state index in [2.05, 4.69) is 15.9 Å². The molecule has 0 aromatic heterocycles. The van der Waals surface area contributed by atoms with Crippen molar-refractivity contribution in [2.45, 2.75) is 31.6 Å². The summed E-state index contributed by atoms with van der Waals surface area (Å²) in [5.41, 5.74) is 1.43. The van der Waals surface area contributed by atoms with Crippen LogP contribution in [0.15, 0.2) is 22.7 Å². The van der Waals surface area contributed by atoms with Gasteiger partial charge in [-0.25, -0.2) is 0 Å². The molecule has 0 bridgehead atoms. The van der Waals surface area contributed by atoms with Crippen LogP contribution in [0.3, 0.4) is 0 Å². The van der Waals surface area contributed by atoms with Gasteiger partial charge >= 0.3 is 5.97 Å². The Morgan fingerprint density at radius 3 is 2.53 bits per heavy atom. The van der Waals surface area contributed by atoms with E-state index in [1.165, 1.54) is 0 Å². The fourth-order valence-corrected chi connectivity index (χ4v) is 2.77. The topological polar surface area (TPSA) is 37.3 Å². The molecule has 0 radical (unpaired) electrons. The molecule has 1 saturated carbocycles. The van der Waals surface area contributed by atoms with Crippen LogP contribution < -0.4 is 0 Å². The predicted octanol–water partition coefficient (Wildman–Crippen LogP) is 3.26. The Balaban J connectivity index is 2.48. The van der Waals surface area contributed by atoms with E-state index < -0.39 is 11.4 Å². The summed E-state index contributed by atoms with van der Waals surface area (Å²) in [5.74, 6) is -0.681. The second kappa shape index (κ2) is 3.63. The second-order valence-electron chi connectivity index (χ2n) is 4.20. The van der Waals surface area contributed by atoms with Crippen molar-refractivity contribution in [2.75, 3.05) is 0 Å². The van der Waals surface area contributed by atoms with E-state index in [1.54, 1.807) is 0 Å². The van der Waals surface area contributed by atoms with Gasteiger partial charge in [0.1, 0.15) is 0 Å². The van der Waals surface area contributed by atoms with Crippen molar-refractivity contribution in [2.24, 2.45) is 0 Å². The van der Waals surface area contributed by atoms with Crippen LogP contribution in [0.1, 0.15) is 30.4 Å². The fraction of sp³-hybridized carbons (Fsp3) is 0.417. The summed E-state index contributed by atoms with van der Waals surface area (Å²) in [5, 5.41) is 9.32. The quantitative estimate of drug-likeness (QED) is 0.894. The van der Waals surface area contributed by atoms with Crippen molar-refractivity contribution >= 4 is 21.9 Å². The number of benzene rings is 1. The van der Waals surface area contributed by atoms with E-state index in [9.17, 15) is 9.90 Å². The highest BCUT2D eigenvalue weighted by molar-refractivity contribution is 9.10. The summed E-state index contributed by atoms with van der Waals surface area (Å²) >= 11 is 3.39. The molecule has 1 aliphatic carbocycles. The molecule has 1 N–H and O–H groups in total. The van der Waals surface area contributed by atoms with Crippen molar-refractivity contribution < 1.29 is 9.90 Å². The Morgan fingerprint density at radius 1 is 1.47 bits per heavy atom. The third-order valence-corrected chi connectivity index (χ3v) is 3.81. The smallest absolute Gasteiger partial charge is 0.314 e. The number of hydrogen-bond acceptors (Lipinski definition) is 1. The van der Waals surface area contributed by atoms with Crippen molar-refractivity contribution in [1.82, 2.24) is 0 Å². The SMILES string of the molecule is Cc1cc(Br)ccc1C1(C(=O)O)CCC1. The molecule has 15 heavy (non-hydrogen) atoms. The largest absolute Gasteiger partial charge is 0.481 e. The normalized spacial score (nSPS) is 18.3. The van der Waals surface area contributed by atoms with E-state index in [-0.39, 0.29) is 0 Å². The van der Waals surface area contributed by atoms with Crippen molar-refractivity contribution in [3.8, 4) is 0 Å². The summed E-state index contributed by atoms with van der Waals surface area (Å²) in [7, 11) is 0. The van der Waals surface area contributed by atoms with E-state index in [0.717, 1.165) is 34.9 Å². The van der Waals surface area contributed by atoms with E-state index >= 15 is 0 Å². The number of hydrogen-bond donors (Lipinski definition) is 1. The molecular formula is C12H13BrO2. The van der Waals surface area contributed by atoms with Crippen LogP contribution in [0.5, 0.6) is 0 Å². The van der Waals surface area contributed by atoms with Gasteiger partial charge in [-0.3, -0.25) is 4.79 Å². The standard InChI is InChI=1S/C12H13BrO2/c1-8-7-9(13)3-4-10(8)12(11(14)15)5-2-6-12/h3-4,7H,2,5-6H2,1H3,(H,14,15). The molecule has 0 aliphatic heterocycles. The van der Waals surface area contributed by atoms with E-state index in [0.29, 0.717) is 0 Å². The Bertz CT molecular complexity index is 408. The van der Waals surface area contributed by atoms with Crippen LogP contribution in [0.2, 0.25) is 0 Å². The lowest BCUT2D eigenvalue weighted by Crippen LogP contribution is -2.42. The highest BCUT2D eigenvalue weighted by Gasteiger charge is 2.46. The predicted molar refractivity (Wildman–Crippen MR) is 62.0 cm³/mol.